The van der Waals surface area contributed by atoms with E-state index in [1.165, 1.54) is 31.6 Å². The molecule has 0 radical (unpaired) electrons. The second-order valence-corrected chi connectivity index (χ2v) is 6.78. The lowest BCUT2D eigenvalue weighted by Gasteiger charge is -2.17. The van der Waals surface area contributed by atoms with Crippen molar-refractivity contribution in [3.8, 4) is 28.8 Å². The Kier molecular flexibility index (Phi) is 5.72. The predicted molar refractivity (Wildman–Crippen MR) is 107 cm³/mol. The van der Waals surface area contributed by atoms with E-state index in [1.54, 1.807) is 6.07 Å². The highest BCUT2D eigenvalue weighted by atomic mass is 19.1. The van der Waals surface area contributed by atoms with Crippen molar-refractivity contribution in [3.05, 3.63) is 42.1 Å². The van der Waals surface area contributed by atoms with Gasteiger partial charge >= 0.3 is 0 Å². The summed E-state index contributed by atoms with van der Waals surface area (Å²) in [5.74, 6) is 1.16. The molecule has 10 heteroatoms. The van der Waals surface area contributed by atoms with E-state index < -0.39 is 5.82 Å². The van der Waals surface area contributed by atoms with Gasteiger partial charge in [0.2, 0.25) is 0 Å². The van der Waals surface area contributed by atoms with Crippen LogP contribution in [0, 0.1) is 17.1 Å². The van der Waals surface area contributed by atoms with E-state index in [0.717, 1.165) is 19.4 Å². The van der Waals surface area contributed by atoms with Crippen molar-refractivity contribution in [2.75, 3.05) is 25.6 Å². The number of halogens is 1. The van der Waals surface area contributed by atoms with Crippen LogP contribution in [-0.2, 0) is 0 Å². The third kappa shape index (κ3) is 4.31. The van der Waals surface area contributed by atoms with Gasteiger partial charge in [-0.05, 0) is 19.4 Å². The van der Waals surface area contributed by atoms with Crippen LogP contribution in [0.15, 0.2) is 30.6 Å². The van der Waals surface area contributed by atoms with Gasteiger partial charge in [-0.2, -0.15) is 10.4 Å². The number of hydrogen-bond acceptors (Lipinski definition) is 8. The second-order valence-electron chi connectivity index (χ2n) is 6.78. The SMILES string of the molecule is COc1cc(F)cc(OC[C@H]2CCCN2)c1-c1cc(Nc2cnc(C#N)cn2)n[nH]1. The van der Waals surface area contributed by atoms with E-state index in [4.69, 9.17) is 14.7 Å². The second kappa shape index (κ2) is 8.75. The van der Waals surface area contributed by atoms with Crippen molar-refractivity contribution in [1.29, 1.82) is 5.26 Å². The molecule has 0 bridgehead atoms. The Morgan fingerprint density at radius 3 is 2.80 bits per heavy atom. The van der Waals surface area contributed by atoms with Crippen LogP contribution in [0.3, 0.4) is 0 Å². The largest absolute Gasteiger partial charge is 0.496 e. The molecule has 0 spiro atoms. The topological polar surface area (TPSA) is 121 Å². The molecule has 30 heavy (non-hydrogen) atoms. The Balaban J connectivity index is 1.59. The summed E-state index contributed by atoms with van der Waals surface area (Å²) in [7, 11) is 1.47. The normalized spacial score (nSPS) is 15.6. The van der Waals surface area contributed by atoms with E-state index in [9.17, 15) is 4.39 Å². The van der Waals surface area contributed by atoms with Crippen LogP contribution in [0.25, 0.3) is 11.3 Å². The first-order chi connectivity index (χ1) is 14.7. The summed E-state index contributed by atoms with van der Waals surface area (Å²) < 4.78 is 25.5. The maximum atomic E-state index is 14.1. The van der Waals surface area contributed by atoms with Crippen LogP contribution >= 0.6 is 0 Å². The molecule has 4 rings (SSSR count). The van der Waals surface area contributed by atoms with Crippen LogP contribution in [-0.4, -0.2) is 46.5 Å². The molecule has 3 aromatic rings. The number of rotatable bonds is 7. The summed E-state index contributed by atoms with van der Waals surface area (Å²) in [6, 6.07) is 6.52. The molecular formula is C20H20FN7O2. The lowest BCUT2D eigenvalue weighted by atomic mass is 10.1. The number of hydrogen-bond donors (Lipinski definition) is 3. The van der Waals surface area contributed by atoms with Gasteiger partial charge in [0.15, 0.2) is 11.5 Å². The molecule has 3 N–H and O–H groups in total. The van der Waals surface area contributed by atoms with Gasteiger partial charge in [-0.3, -0.25) is 5.10 Å². The first kappa shape index (κ1) is 19.6. The van der Waals surface area contributed by atoms with Crippen molar-refractivity contribution >= 4 is 11.6 Å². The third-order valence-corrected chi connectivity index (χ3v) is 4.72. The number of anilines is 2. The molecule has 1 aliphatic rings. The molecule has 0 aliphatic carbocycles. The van der Waals surface area contributed by atoms with Crippen molar-refractivity contribution in [1.82, 2.24) is 25.5 Å². The monoisotopic (exact) mass is 409 g/mol. The number of nitrogens with one attached hydrogen (secondary N) is 3. The zero-order valence-corrected chi connectivity index (χ0v) is 16.3. The first-order valence-corrected chi connectivity index (χ1v) is 9.45. The number of H-pyrrole nitrogens is 1. The smallest absolute Gasteiger partial charge is 0.158 e. The molecule has 3 heterocycles. The summed E-state index contributed by atoms with van der Waals surface area (Å²) in [6.07, 6.45) is 4.92. The standard InChI is InChI=1S/C20H20FN7O2/c1-29-16-5-12(21)6-17(30-11-13-3-2-4-23-13)20(16)15-7-18(28-27-15)26-19-10-24-14(8-22)9-25-19/h5-7,9-10,13,23H,2-4,11H2,1H3,(H2,25,26,27,28)/t13-/m1/s1. The van der Waals surface area contributed by atoms with E-state index in [2.05, 4.69) is 30.8 Å². The van der Waals surface area contributed by atoms with E-state index in [0.29, 0.717) is 41.0 Å². The Morgan fingerprint density at radius 2 is 2.10 bits per heavy atom. The summed E-state index contributed by atoms with van der Waals surface area (Å²) in [4.78, 5) is 8.07. The quantitative estimate of drug-likeness (QED) is 0.545. The van der Waals surface area contributed by atoms with Crippen molar-refractivity contribution in [2.24, 2.45) is 0 Å². The van der Waals surface area contributed by atoms with Gasteiger partial charge in [-0.15, -0.1) is 0 Å². The molecular weight excluding hydrogens is 389 g/mol. The molecule has 0 unspecified atom stereocenters. The molecule has 2 aromatic heterocycles. The number of nitriles is 1. The number of benzene rings is 1. The Bertz CT molecular complexity index is 1060. The van der Waals surface area contributed by atoms with Gasteiger partial charge in [0.1, 0.15) is 35.8 Å². The van der Waals surface area contributed by atoms with Crippen molar-refractivity contribution in [3.63, 3.8) is 0 Å². The molecule has 0 amide bonds. The van der Waals surface area contributed by atoms with Gasteiger partial charge in [0.25, 0.3) is 0 Å². The lowest BCUT2D eigenvalue weighted by Crippen LogP contribution is -2.28. The number of ether oxygens (including phenoxy) is 2. The highest BCUT2D eigenvalue weighted by Crippen LogP contribution is 2.39. The summed E-state index contributed by atoms with van der Waals surface area (Å²) in [5.41, 5.74) is 1.38. The van der Waals surface area contributed by atoms with Crippen LogP contribution in [0.1, 0.15) is 18.5 Å². The van der Waals surface area contributed by atoms with Gasteiger partial charge in [-0.1, -0.05) is 0 Å². The number of aromatic amines is 1. The molecule has 9 nitrogen and oxygen atoms in total. The maximum absolute atomic E-state index is 14.1. The van der Waals surface area contributed by atoms with Gasteiger partial charge in [0.05, 0.1) is 30.8 Å². The highest BCUT2D eigenvalue weighted by molar-refractivity contribution is 5.76. The Hall–Kier alpha value is -3.71. The number of aromatic nitrogens is 4. The molecule has 1 saturated heterocycles. The first-order valence-electron chi connectivity index (χ1n) is 9.45. The maximum Gasteiger partial charge on any atom is 0.158 e. The number of nitrogens with zero attached hydrogens (tertiary/aromatic N) is 4. The molecule has 1 aliphatic heterocycles. The van der Waals surface area contributed by atoms with Gasteiger partial charge in [0, 0.05) is 24.2 Å². The van der Waals surface area contributed by atoms with Gasteiger partial charge < -0.3 is 20.1 Å². The minimum absolute atomic E-state index is 0.220. The molecule has 0 saturated carbocycles. The number of methoxy groups -OCH3 is 1. The average Bonchev–Trinajstić information content (AvgIpc) is 3.44. The molecule has 1 aromatic carbocycles. The van der Waals surface area contributed by atoms with Crippen LogP contribution in [0.5, 0.6) is 11.5 Å². The van der Waals surface area contributed by atoms with E-state index in [1.807, 2.05) is 6.07 Å². The lowest BCUT2D eigenvalue weighted by molar-refractivity contribution is 0.275. The summed E-state index contributed by atoms with van der Waals surface area (Å²) >= 11 is 0. The zero-order valence-electron chi connectivity index (χ0n) is 16.3. The minimum Gasteiger partial charge on any atom is -0.496 e. The molecule has 1 atom stereocenters. The van der Waals surface area contributed by atoms with Crippen molar-refractivity contribution < 1.29 is 13.9 Å². The van der Waals surface area contributed by atoms with Crippen molar-refractivity contribution in [2.45, 2.75) is 18.9 Å². The fourth-order valence-corrected chi connectivity index (χ4v) is 3.28. The fourth-order valence-electron chi connectivity index (χ4n) is 3.28. The van der Waals surface area contributed by atoms with Gasteiger partial charge in [-0.25, -0.2) is 14.4 Å². The van der Waals surface area contributed by atoms with Crippen LogP contribution in [0.2, 0.25) is 0 Å². The highest BCUT2D eigenvalue weighted by Gasteiger charge is 2.20. The van der Waals surface area contributed by atoms with E-state index >= 15 is 0 Å². The van der Waals surface area contributed by atoms with Crippen LogP contribution < -0.4 is 20.1 Å². The van der Waals surface area contributed by atoms with E-state index in [-0.39, 0.29) is 11.7 Å². The third-order valence-electron chi connectivity index (χ3n) is 4.72. The summed E-state index contributed by atoms with van der Waals surface area (Å²) in [6.45, 7) is 1.39. The fraction of sp³-hybridized carbons (Fsp3) is 0.300. The Morgan fingerprint density at radius 1 is 1.23 bits per heavy atom. The predicted octanol–water partition coefficient (Wildman–Crippen LogP) is 2.76. The molecule has 154 valence electrons. The zero-order chi connectivity index (χ0) is 20.9. The van der Waals surface area contributed by atoms with Crippen LogP contribution in [0.4, 0.5) is 16.0 Å². The minimum atomic E-state index is -0.448. The molecule has 1 fully saturated rings. The Labute approximate surface area is 172 Å². The average molecular weight is 409 g/mol. The summed E-state index contributed by atoms with van der Waals surface area (Å²) in [5, 5.41) is 22.3.